The average molecular weight is 426 g/mol. The van der Waals surface area contributed by atoms with Crippen LogP contribution in [-0.4, -0.2) is 31.1 Å². The van der Waals surface area contributed by atoms with E-state index in [-0.39, 0.29) is 24.0 Å². The molecule has 0 aliphatic heterocycles. The van der Waals surface area contributed by atoms with Gasteiger partial charge >= 0.3 is 0 Å². The normalized spacial score (nSPS) is 10.9. The number of hydrogen-bond acceptors (Lipinski definition) is 6. The predicted octanol–water partition coefficient (Wildman–Crippen LogP) is 4.12. The van der Waals surface area contributed by atoms with Crippen LogP contribution in [0.5, 0.6) is 0 Å². The molecule has 0 saturated carbocycles. The van der Waals surface area contributed by atoms with Gasteiger partial charge in [0.05, 0.1) is 11.4 Å². The minimum absolute atomic E-state index is 0.138. The Balaban J connectivity index is 1.56. The van der Waals surface area contributed by atoms with Crippen LogP contribution in [0.25, 0.3) is 11.4 Å². The van der Waals surface area contributed by atoms with E-state index in [0.29, 0.717) is 27.8 Å². The largest absolute Gasteiger partial charge is 0.274 e. The lowest BCUT2D eigenvalue weighted by atomic mass is 10.1. The summed E-state index contributed by atoms with van der Waals surface area (Å²) >= 11 is 1.21. The van der Waals surface area contributed by atoms with Crippen LogP contribution in [0, 0.1) is 18.6 Å². The minimum atomic E-state index is -0.512. The molecule has 4 rings (SSSR count). The quantitative estimate of drug-likeness (QED) is 0.480. The van der Waals surface area contributed by atoms with Crippen molar-refractivity contribution >= 4 is 28.1 Å². The summed E-state index contributed by atoms with van der Waals surface area (Å²) in [5.41, 5.74) is 1.88. The van der Waals surface area contributed by atoms with E-state index in [4.69, 9.17) is 0 Å². The molecule has 0 saturated heterocycles. The van der Waals surface area contributed by atoms with Crippen LogP contribution in [0.2, 0.25) is 0 Å². The van der Waals surface area contributed by atoms with Gasteiger partial charge in [0.2, 0.25) is 11.7 Å². The Labute approximate surface area is 174 Å². The summed E-state index contributed by atoms with van der Waals surface area (Å²) < 4.78 is 27.6. The predicted molar refractivity (Wildman–Crippen MR) is 108 cm³/mol. The molecule has 0 unspecified atom stereocenters. The summed E-state index contributed by atoms with van der Waals surface area (Å²) in [5, 5.41) is 14.4. The van der Waals surface area contributed by atoms with Gasteiger partial charge in [0.25, 0.3) is 0 Å². The van der Waals surface area contributed by atoms with Gasteiger partial charge in [-0.15, -0.1) is 21.5 Å². The van der Waals surface area contributed by atoms with E-state index in [1.807, 2.05) is 0 Å². The lowest BCUT2D eigenvalue weighted by Gasteiger charge is -2.18. The number of carbonyl (C=O) groups is 1. The van der Waals surface area contributed by atoms with Crippen molar-refractivity contribution in [2.75, 3.05) is 4.90 Å². The van der Waals surface area contributed by atoms with Gasteiger partial charge in [0, 0.05) is 17.9 Å². The topological polar surface area (TPSA) is 76.8 Å². The van der Waals surface area contributed by atoms with E-state index in [1.54, 1.807) is 36.6 Å². The van der Waals surface area contributed by atoms with Crippen LogP contribution in [0.15, 0.2) is 47.8 Å². The number of aromatic nitrogens is 5. The second kappa shape index (κ2) is 8.07. The SMILES string of the molecule is CC(=O)N(c1nc(Cn2nnc(-c3ccc(F)c(C)c3)n2)cs1)c1ccccc1F. The first-order valence-electron chi connectivity index (χ1n) is 8.96. The van der Waals surface area contributed by atoms with E-state index >= 15 is 0 Å². The summed E-state index contributed by atoms with van der Waals surface area (Å²) in [7, 11) is 0. The standard InChI is InChI=1S/C20H16F2N6OS/c1-12-9-14(7-8-16(12)21)19-24-26-27(25-19)10-15-11-30-20(23-15)28(13(2)29)18-6-4-3-5-17(18)22/h3-9,11H,10H2,1-2H3. The first-order chi connectivity index (χ1) is 14.4. The fourth-order valence-corrected chi connectivity index (χ4v) is 3.74. The number of benzene rings is 2. The van der Waals surface area contributed by atoms with Crippen LogP contribution in [0.3, 0.4) is 0 Å². The molecular weight excluding hydrogens is 410 g/mol. The number of tetrazole rings is 1. The maximum absolute atomic E-state index is 14.2. The van der Waals surface area contributed by atoms with Gasteiger partial charge in [-0.3, -0.25) is 9.69 Å². The molecule has 30 heavy (non-hydrogen) atoms. The number of para-hydroxylation sites is 1. The summed E-state index contributed by atoms with van der Waals surface area (Å²) in [5.74, 6) is -0.799. The second-order valence-electron chi connectivity index (χ2n) is 6.53. The molecule has 0 bridgehead atoms. The summed E-state index contributed by atoms with van der Waals surface area (Å²) in [6.07, 6.45) is 0. The highest BCUT2D eigenvalue weighted by Gasteiger charge is 2.21. The van der Waals surface area contributed by atoms with E-state index < -0.39 is 5.82 Å². The molecule has 1 amide bonds. The molecule has 152 valence electrons. The fraction of sp³-hybridized carbons (Fsp3) is 0.150. The van der Waals surface area contributed by atoms with Gasteiger partial charge in [-0.1, -0.05) is 12.1 Å². The third-order valence-corrected chi connectivity index (χ3v) is 5.19. The molecule has 0 aliphatic rings. The van der Waals surface area contributed by atoms with Crippen LogP contribution in [0.1, 0.15) is 18.2 Å². The Bertz CT molecular complexity index is 1220. The third kappa shape index (κ3) is 3.94. The molecule has 0 N–H and O–H groups in total. The Morgan fingerprint density at radius 3 is 2.70 bits per heavy atom. The number of amides is 1. The van der Waals surface area contributed by atoms with Crippen LogP contribution < -0.4 is 4.90 Å². The molecule has 0 spiro atoms. The first-order valence-corrected chi connectivity index (χ1v) is 9.84. The molecule has 4 aromatic rings. The van der Waals surface area contributed by atoms with Crippen LogP contribution in [-0.2, 0) is 11.3 Å². The molecule has 7 nitrogen and oxygen atoms in total. The number of hydrogen-bond donors (Lipinski definition) is 0. The number of thiazole rings is 1. The fourth-order valence-electron chi connectivity index (χ4n) is 2.87. The highest BCUT2D eigenvalue weighted by molar-refractivity contribution is 7.14. The maximum Gasteiger partial charge on any atom is 0.230 e. The summed E-state index contributed by atoms with van der Waals surface area (Å²) in [6.45, 7) is 3.23. The average Bonchev–Trinajstić information content (AvgIpc) is 3.36. The highest BCUT2D eigenvalue weighted by Crippen LogP contribution is 2.30. The van der Waals surface area contributed by atoms with Crippen molar-refractivity contribution in [3.63, 3.8) is 0 Å². The maximum atomic E-state index is 14.2. The zero-order valence-electron chi connectivity index (χ0n) is 16.1. The Kier molecular flexibility index (Phi) is 5.32. The number of rotatable bonds is 5. The first kappa shape index (κ1) is 19.8. The molecule has 2 aromatic heterocycles. The Hall–Kier alpha value is -3.53. The minimum Gasteiger partial charge on any atom is -0.274 e. The zero-order valence-corrected chi connectivity index (χ0v) is 16.9. The van der Waals surface area contributed by atoms with Gasteiger partial charge in [0.15, 0.2) is 5.13 Å². The number of carbonyl (C=O) groups excluding carboxylic acids is 1. The lowest BCUT2D eigenvalue weighted by Crippen LogP contribution is -2.23. The van der Waals surface area contributed by atoms with Crippen molar-refractivity contribution in [1.29, 1.82) is 0 Å². The Morgan fingerprint density at radius 2 is 1.97 bits per heavy atom. The van der Waals surface area contributed by atoms with Crippen molar-refractivity contribution in [3.8, 4) is 11.4 Å². The summed E-state index contributed by atoms with van der Waals surface area (Å²) in [4.78, 5) is 19.1. The molecule has 2 aromatic carbocycles. The molecule has 2 heterocycles. The molecule has 10 heteroatoms. The smallest absolute Gasteiger partial charge is 0.230 e. The monoisotopic (exact) mass is 426 g/mol. The van der Waals surface area contributed by atoms with Crippen molar-refractivity contribution in [2.24, 2.45) is 0 Å². The number of halogens is 2. The highest BCUT2D eigenvalue weighted by atomic mass is 32.1. The molecular formula is C20H16F2N6OS. The van der Waals surface area contributed by atoms with Crippen molar-refractivity contribution in [1.82, 2.24) is 25.2 Å². The lowest BCUT2D eigenvalue weighted by molar-refractivity contribution is -0.115. The van der Waals surface area contributed by atoms with Crippen molar-refractivity contribution in [2.45, 2.75) is 20.4 Å². The van der Waals surface area contributed by atoms with Crippen LogP contribution in [0.4, 0.5) is 19.6 Å². The zero-order chi connectivity index (χ0) is 21.3. The number of aryl methyl sites for hydroxylation is 1. The second-order valence-corrected chi connectivity index (χ2v) is 7.37. The van der Waals surface area contributed by atoms with Gasteiger partial charge in [-0.2, -0.15) is 4.80 Å². The van der Waals surface area contributed by atoms with E-state index in [0.717, 1.165) is 0 Å². The van der Waals surface area contributed by atoms with E-state index in [9.17, 15) is 13.6 Å². The molecule has 0 radical (unpaired) electrons. The van der Waals surface area contributed by atoms with Gasteiger partial charge in [-0.05, 0) is 48.0 Å². The van der Waals surface area contributed by atoms with Gasteiger partial charge < -0.3 is 0 Å². The van der Waals surface area contributed by atoms with Crippen LogP contribution >= 0.6 is 11.3 Å². The Morgan fingerprint density at radius 1 is 1.17 bits per heavy atom. The van der Waals surface area contributed by atoms with Gasteiger partial charge in [-0.25, -0.2) is 13.8 Å². The van der Waals surface area contributed by atoms with E-state index in [2.05, 4.69) is 20.4 Å². The molecule has 0 aliphatic carbocycles. The van der Waals surface area contributed by atoms with Gasteiger partial charge in [0.1, 0.15) is 18.2 Å². The number of nitrogens with zero attached hydrogens (tertiary/aromatic N) is 6. The molecule has 0 atom stereocenters. The molecule has 0 fully saturated rings. The number of anilines is 2. The van der Waals surface area contributed by atoms with E-state index in [1.165, 1.54) is 46.2 Å². The van der Waals surface area contributed by atoms with Crippen molar-refractivity contribution in [3.05, 3.63) is 70.7 Å². The third-order valence-electron chi connectivity index (χ3n) is 4.31. The van der Waals surface area contributed by atoms with Crippen molar-refractivity contribution < 1.29 is 13.6 Å². The summed E-state index contributed by atoms with van der Waals surface area (Å²) in [6, 6.07) is 10.6.